The van der Waals surface area contributed by atoms with Crippen LogP contribution in [-0.4, -0.2) is 6.04 Å². The van der Waals surface area contributed by atoms with Gasteiger partial charge in [0.2, 0.25) is 0 Å². The second-order valence-electron chi connectivity index (χ2n) is 5.07. The molecule has 1 heterocycles. The summed E-state index contributed by atoms with van der Waals surface area (Å²) in [5.74, 6) is 1.02. The van der Waals surface area contributed by atoms with E-state index in [0.717, 1.165) is 29.2 Å². The molecule has 0 spiro atoms. The van der Waals surface area contributed by atoms with Crippen LogP contribution in [-0.2, 0) is 6.42 Å². The Kier molecular flexibility index (Phi) is 5.53. The van der Waals surface area contributed by atoms with Gasteiger partial charge in [-0.15, -0.1) is 0 Å². The molecule has 0 saturated carbocycles. The molecule has 2 nitrogen and oxygen atoms in total. The van der Waals surface area contributed by atoms with Crippen LogP contribution in [0.1, 0.15) is 37.6 Å². The first-order valence-corrected chi connectivity index (χ1v) is 7.55. The van der Waals surface area contributed by atoms with E-state index in [2.05, 4.69) is 19.2 Å². The largest absolute Gasteiger partial charge is 0.469 e. The summed E-state index contributed by atoms with van der Waals surface area (Å²) in [5, 5.41) is 4.99. The first kappa shape index (κ1) is 15.4. The number of halogens is 2. The van der Waals surface area contributed by atoms with Gasteiger partial charge in [0.15, 0.2) is 0 Å². The number of aryl methyl sites for hydroxylation is 1. The van der Waals surface area contributed by atoms with E-state index in [0.29, 0.717) is 11.1 Å². The van der Waals surface area contributed by atoms with Crippen LogP contribution >= 0.6 is 23.2 Å². The van der Waals surface area contributed by atoms with E-state index in [1.165, 1.54) is 0 Å². The Morgan fingerprint density at radius 3 is 2.70 bits per heavy atom. The molecule has 20 heavy (non-hydrogen) atoms. The van der Waals surface area contributed by atoms with Gasteiger partial charge in [0.1, 0.15) is 5.76 Å². The lowest BCUT2D eigenvalue weighted by Gasteiger charge is -2.21. The molecule has 4 heteroatoms. The van der Waals surface area contributed by atoms with Crippen LogP contribution in [0.5, 0.6) is 0 Å². The monoisotopic (exact) mass is 311 g/mol. The number of benzene rings is 1. The molecule has 2 atom stereocenters. The van der Waals surface area contributed by atoms with Crippen molar-refractivity contribution in [2.75, 3.05) is 0 Å². The van der Waals surface area contributed by atoms with Gasteiger partial charge >= 0.3 is 0 Å². The average Bonchev–Trinajstić information content (AvgIpc) is 2.92. The van der Waals surface area contributed by atoms with Crippen molar-refractivity contribution in [3.63, 3.8) is 0 Å². The van der Waals surface area contributed by atoms with Crippen molar-refractivity contribution < 1.29 is 4.42 Å². The number of hydrogen-bond donors (Lipinski definition) is 1. The first-order valence-electron chi connectivity index (χ1n) is 6.79. The Hall–Kier alpha value is -0.960. The van der Waals surface area contributed by atoms with Crippen molar-refractivity contribution in [2.24, 2.45) is 0 Å². The summed E-state index contributed by atoms with van der Waals surface area (Å²) in [7, 11) is 0. The van der Waals surface area contributed by atoms with Crippen LogP contribution in [0, 0.1) is 0 Å². The number of hydrogen-bond acceptors (Lipinski definition) is 2. The van der Waals surface area contributed by atoms with Crippen molar-refractivity contribution in [1.29, 1.82) is 0 Å². The van der Waals surface area contributed by atoms with Gasteiger partial charge in [-0.2, -0.15) is 0 Å². The number of furan rings is 1. The van der Waals surface area contributed by atoms with Gasteiger partial charge < -0.3 is 9.73 Å². The maximum absolute atomic E-state index is 6.22. The van der Waals surface area contributed by atoms with Crippen LogP contribution in [0.25, 0.3) is 0 Å². The second kappa shape index (κ2) is 7.16. The summed E-state index contributed by atoms with van der Waals surface area (Å²) in [6.07, 6.45) is 3.65. The number of rotatable bonds is 6. The summed E-state index contributed by atoms with van der Waals surface area (Å²) in [6, 6.07) is 10.0. The summed E-state index contributed by atoms with van der Waals surface area (Å²) in [4.78, 5) is 0. The van der Waals surface area contributed by atoms with Gasteiger partial charge in [0.05, 0.1) is 6.26 Å². The fourth-order valence-electron chi connectivity index (χ4n) is 2.26. The van der Waals surface area contributed by atoms with E-state index in [1.54, 1.807) is 12.3 Å². The van der Waals surface area contributed by atoms with Crippen molar-refractivity contribution in [1.82, 2.24) is 5.32 Å². The molecule has 2 rings (SSSR count). The predicted molar refractivity (Wildman–Crippen MR) is 84.5 cm³/mol. The Balaban J connectivity index is 1.89. The maximum Gasteiger partial charge on any atom is 0.103 e. The Morgan fingerprint density at radius 1 is 1.20 bits per heavy atom. The van der Waals surface area contributed by atoms with Gasteiger partial charge in [-0.25, -0.2) is 0 Å². The third-order valence-electron chi connectivity index (χ3n) is 3.36. The van der Waals surface area contributed by atoms with Crippen LogP contribution in [0.2, 0.25) is 10.0 Å². The summed E-state index contributed by atoms with van der Waals surface area (Å²) < 4.78 is 5.34. The van der Waals surface area contributed by atoms with Crippen LogP contribution in [0.3, 0.4) is 0 Å². The van der Waals surface area contributed by atoms with E-state index < -0.39 is 0 Å². The van der Waals surface area contributed by atoms with Crippen molar-refractivity contribution in [2.45, 2.75) is 38.8 Å². The van der Waals surface area contributed by atoms with E-state index in [-0.39, 0.29) is 6.04 Å². The third-order valence-corrected chi connectivity index (χ3v) is 3.94. The SMILES string of the molecule is CC(CCc1ccco1)NC(C)c1cc(Cl)ccc1Cl. The first-order chi connectivity index (χ1) is 9.56. The zero-order valence-electron chi connectivity index (χ0n) is 11.7. The summed E-state index contributed by atoms with van der Waals surface area (Å²) in [6.45, 7) is 4.26. The molecule has 108 valence electrons. The van der Waals surface area contributed by atoms with Gasteiger partial charge in [-0.1, -0.05) is 23.2 Å². The lowest BCUT2D eigenvalue weighted by atomic mass is 10.1. The summed E-state index contributed by atoms with van der Waals surface area (Å²) in [5.41, 5.74) is 1.03. The molecule has 0 aliphatic heterocycles. The van der Waals surface area contributed by atoms with Crippen LogP contribution < -0.4 is 5.32 Å². The topological polar surface area (TPSA) is 25.2 Å². The minimum absolute atomic E-state index is 0.160. The lowest BCUT2D eigenvalue weighted by Crippen LogP contribution is -2.29. The average molecular weight is 312 g/mol. The highest BCUT2D eigenvalue weighted by Gasteiger charge is 2.13. The minimum atomic E-state index is 0.160. The fourth-order valence-corrected chi connectivity index (χ4v) is 2.72. The Morgan fingerprint density at radius 2 is 2.00 bits per heavy atom. The standard InChI is InChI=1S/C16H19Cl2NO/c1-11(5-7-14-4-3-9-20-14)19-12(2)15-10-13(17)6-8-16(15)18/h3-4,6,8-12,19H,5,7H2,1-2H3. The molecule has 1 aromatic carbocycles. The molecule has 0 fully saturated rings. The normalized spacial score (nSPS) is 14.2. The van der Waals surface area contributed by atoms with E-state index in [1.807, 2.05) is 24.3 Å². The van der Waals surface area contributed by atoms with Crippen molar-refractivity contribution >= 4 is 23.2 Å². The quantitative estimate of drug-likeness (QED) is 0.787. The highest BCUT2D eigenvalue weighted by Crippen LogP contribution is 2.26. The molecular weight excluding hydrogens is 293 g/mol. The minimum Gasteiger partial charge on any atom is -0.469 e. The molecule has 2 unspecified atom stereocenters. The molecule has 0 amide bonds. The molecule has 0 bridgehead atoms. The van der Waals surface area contributed by atoms with E-state index >= 15 is 0 Å². The van der Waals surface area contributed by atoms with Crippen LogP contribution in [0.4, 0.5) is 0 Å². The molecule has 1 N–H and O–H groups in total. The molecule has 2 aromatic rings. The molecule has 0 aliphatic carbocycles. The molecule has 1 aromatic heterocycles. The third kappa shape index (κ3) is 4.27. The van der Waals surface area contributed by atoms with Gasteiger partial charge in [-0.05, 0) is 56.2 Å². The van der Waals surface area contributed by atoms with Crippen molar-refractivity contribution in [3.8, 4) is 0 Å². The smallest absolute Gasteiger partial charge is 0.103 e. The van der Waals surface area contributed by atoms with Crippen molar-refractivity contribution in [3.05, 3.63) is 58.0 Å². The van der Waals surface area contributed by atoms with Gasteiger partial charge in [0.25, 0.3) is 0 Å². The van der Waals surface area contributed by atoms with Gasteiger partial charge in [-0.3, -0.25) is 0 Å². The lowest BCUT2D eigenvalue weighted by molar-refractivity contribution is 0.431. The summed E-state index contributed by atoms with van der Waals surface area (Å²) >= 11 is 12.2. The number of nitrogens with one attached hydrogen (secondary N) is 1. The van der Waals surface area contributed by atoms with E-state index in [9.17, 15) is 0 Å². The molecular formula is C16H19Cl2NO. The highest BCUT2D eigenvalue weighted by atomic mass is 35.5. The van der Waals surface area contributed by atoms with E-state index in [4.69, 9.17) is 27.6 Å². The molecule has 0 saturated heterocycles. The highest BCUT2D eigenvalue weighted by molar-refractivity contribution is 6.33. The zero-order valence-corrected chi connectivity index (χ0v) is 13.2. The zero-order chi connectivity index (χ0) is 14.5. The molecule has 0 radical (unpaired) electrons. The second-order valence-corrected chi connectivity index (χ2v) is 5.92. The maximum atomic E-state index is 6.22. The van der Waals surface area contributed by atoms with Crippen LogP contribution in [0.15, 0.2) is 41.0 Å². The van der Waals surface area contributed by atoms with Gasteiger partial charge in [0, 0.05) is 28.5 Å². The fraction of sp³-hybridized carbons (Fsp3) is 0.375. The Bertz CT molecular complexity index is 539. The molecule has 0 aliphatic rings. The Labute approximate surface area is 130 Å². The predicted octanol–water partition coefficient (Wildman–Crippen LogP) is 5.26.